The lowest BCUT2D eigenvalue weighted by molar-refractivity contribution is -0.127. The van der Waals surface area contributed by atoms with E-state index in [1.807, 2.05) is 30.3 Å². The number of rotatable bonds is 5. The molecular formula is C17H23N3O3. The second-order valence-electron chi connectivity index (χ2n) is 5.61. The Morgan fingerprint density at radius 1 is 1.09 bits per heavy atom. The van der Waals surface area contributed by atoms with Gasteiger partial charge in [-0.1, -0.05) is 24.6 Å². The van der Waals surface area contributed by atoms with Gasteiger partial charge in [-0.2, -0.15) is 0 Å². The normalized spacial score (nSPS) is 15.0. The quantitative estimate of drug-likeness (QED) is 0.819. The van der Waals surface area contributed by atoms with Gasteiger partial charge in [-0.05, 0) is 31.4 Å². The van der Waals surface area contributed by atoms with Gasteiger partial charge in [0.15, 0.2) is 0 Å². The van der Waals surface area contributed by atoms with Crippen LogP contribution in [0.1, 0.15) is 38.5 Å². The summed E-state index contributed by atoms with van der Waals surface area (Å²) in [6.07, 6.45) is 3.98. The number of benzene rings is 1. The van der Waals surface area contributed by atoms with Gasteiger partial charge in [-0.25, -0.2) is 4.79 Å². The molecule has 1 fully saturated rings. The highest BCUT2D eigenvalue weighted by molar-refractivity contribution is 5.94. The summed E-state index contributed by atoms with van der Waals surface area (Å²) in [6, 6.07) is 8.90. The van der Waals surface area contributed by atoms with E-state index in [0.29, 0.717) is 32.4 Å². The van der Waals surface area contributed by atoms with Crippen molar-refractivity contribution in [3.8, 4) is 0 Å². The number of para-hydroxylation sites is 1. The summed E-state index contributed by atoms with van der Waals surface area (Å²) in [5.41, 5.74) is 0.761. The zero-order valence-corrected chi connectivity index (χ0v) is 13.2. The minimum Gasteiger partial charge on any atom is -0.338 e. The molecule has 6 nitrogen and oxygen atoms in total. The second kappa shape index (κ2) is 8.92. The number of nitrogens with zero attached hydrogens (tertiary/aromatic N) is 1. The Kier molecular flexibility index (Phi) is 6.59. The van der Waals surface area contributed by atoms with E-state index in [1.165, 1.54) is 4.90 Å². The molecule has 0 spiro atoms. The Morgan fingerprint density at radius 2 is 1.87 bits per heavy atom. The Bertz CT molecular complexity index is 545. The van der Waals surface area contributed by atoms with E-state index in [4.69, 9.17) is 0 Å². The average Bonchev–Trinajstić information content (AvgIpc) is 2.77. The molecule has 1 aromatic carbocycles. The molecule has 1 aliphatic rings. The molecule has 4 amide bonds. The van der Waals surface area contributed by atoms with E-state index in [0.717, 1.165) is 24.9 Å². The molecule has 0 unspecified atom stereocenters. The number of carbonyl (C=O) groups excluding carboxylic acids is 3. The summed E-state index contributed by atoms with van der Waals surface area (Å²) in [6.45, 7) is 0.865. The lowest BCUT2D eigenvalue weighted by Gasteiger charge is -2.18. The molecule has 23 heavy (non-hydrogen) atoms. The molecule has 0 aliphatic carbocycles. The molecule has 1 aromatic rings. The van der Waals surface area contributed by atoms with E-state index in [9.17, 15) is 14.4 Å². The van der Waals surface area contributed by atoms with Crippen molar-refractivity contribution in [3.05, 3.63) is 30.3 Å². The number of anilines is 1. The molecule has 0 radical (unpaired) electrons. The Morgan fingerprint density at radius 3 is 2.65 bits per heavy atom. The predicted octanol–water partition coefficient (Wildman–Crippen LogP) is 2.52. The third-order valence-corrected chi connectivity index (χ3v) is 3.73. The maximum absolute atomic E-state index is 12.0. The van der Waals surface area contributed by atoms with Crippen molar-refractivity contribution in [3.63, 3.8) is 0 Å². The predicted molar refractivity (Wildman–Crippen MR) is 87.9 cm³/mol. The van der Waals surface area contributed by atoms with Crippen molar-refractivity contribution >= 4 is 23.5 Å². The lowest BCUT2D eigenvalue weighted by Crippen LogP contribution is -2.43. The second-order valence-corrected chi connectivity index (χ2v) is 5.61. The summed E-state index contributed by atoms with van der Waals surface area (Å²) < 4.78 is 0. The number of urea groups is 1. The third-order valence-electron chi connectivity index (χ3n) is 3.73. The summed E-state index contributed by atoms with van der Waals surface area (Å²) in [7, 11) is 0. The molecule has 1 aliphatic heterocycles. The van der Waals surface area contributed by atoms with E-state index in [1.54, 1.807) is 0 Å². The first-order valence-corrected chi connectivity index (χ1v) is 8.10. The van der Waals surface area contributed by atoms with E-state index < -0.39 is 0 Å². The highest BCUT2D eigenvalue weighted by atomic mass is 16.2. The number of nitrogens with one attached hydrogen (secondary N) is 2. The maximum Gasteiger partial charge on any atom is 0.324 e. The number of likely N-dealkylation sites (tertiary alicyclic amines) is 1. The smallest absolute Gasteiger partial charge is 0.324 e. The van der Waals surface area contributed by atoms with Gasteiger partial charge in [-0.15, -0.1) is 0 Å². The van der Waals surface area contributed by atoms with Gasteiger partial charge in [-0.3, -0.25) is 14.5 Å². The molecule has 0 aromatic heterocycles. The summed E-state index contributed by atoms with van der Waals surface area (Å²) in [5.74, 6) is -0.196. The number of amides is 4. The topological polar surface area (TPSA) is 78.5 Å². The largest absolute Gasteiger partial charge is 0.338 e. The van der Waals surface area contributed by atoms with Crippen molar-refractivity contribution in [2.75, 3.05) is 18.4 Å². The van der Waals surface area contributed by atoms with Crippen LogP contribution in [0.4, 0.5) is 10.5 Å². The van der Waals surface area contributed by atoms with Gasteiger partial charge in [0.05, 0.1) is 0 Å². The Hall–Kier alpha value is -2.37. The number of hydrogen-bond acceptors (Lipinski definition) is 3. The minimum absolute atomic E-state index is 0.0868. The summed E-state index contributed by atoms with van der Waals surface area (Å²) >= 11 is 0. The molecule has 0 saturated carbocycles. The Labute approximate surface area is 136 Å². The van der Waals surface area contributed by atoms with E-state index >= 15 is 0 Å². The van der Waals surface area contributed by atoms with Crippen molar-refractivity contribution in [1.29, 1.82) is 0 Å². The van der Waals surface area contributed by atoms with E-state index in [2.05, 4.69) is 10.6 Å². The SMILES string of the molecule is O=C(CCCNC(=O)N1CCCCCC1=O)Nc1ccccc1. The standard InChI is InChI=1S/C17H23N3O3/c21-15(19-14-8-3-1-4-9-14)10-7-12-18-17(23)20-13-6-2-5-11-16(20)22/h1,3-4,8-9H,2,5-7,10-13H2,(H,18,23)(H,19,21). The van der Waals surface area contributed by atoms with Gasteiger partial charge >= 0.3 is 6.03 Å². The fraction of sp³-hybridized carbons (Fsp3) is 0.471. The van der Waals surface area contributed by atoms with Crippen LogP contribution in [-0.2, 0) is 9.59 Å². The van der Waals surface area contributed by atoms with Gasteiger partial charge in [0.2, 0.25) is 11.8 Å². The first-order chi connectivity index (χ1) is 11.2. The monoisotopic (exact) mass is 317 g/mol. The Balaban J connectivity index is 1.65. The van der Waals surface area contributed by atoms with Gasteiger partial charge < -0.3 is 10.6 Å². The highest BCUT2D eigenvalue weighted by Crippen LogP contribution is 2.11. The van der Waals surface area contributed by atoms with Gasteiger partial charge in [0.25, 0.3) is 0 Å². The van der Waals surface area contributed by atoms with Crippen molar-refractivity contribution in [1.82, 2.24) is 10.2 Å². The molecule has 0 atom stereocenters. The van der Waals surface area contributed by atoms with Crippen LogP contribution in [0.3, 0.4) is 0 Å². The average molecular weight is 317 g/mol. The number of imide groups is 1. The van der Waals surface area contributed by atoms with Crippen LogP contribution in [0.2, 0.25) is 0 Å². The van der Waals surface area contributed by atoms with Gasteiger partial charge in [0.1, 0.15) is 0 Å². The molecular weight excluding hydrogens is 294 g/mol. The lowest BCUT2D eigenvalue weighted by atomic mass is 10.2. The molecule has 2 rings (SSSR count). The number of hydrogen-bond donors (Lipinski definition) is 2. The van der Waals surface area contributed by atoms with Gasteiger partial charge in [0, 0.05) is 31.6 Å². The molecule has 0 bridgehead atoms. The van der Waals surface area contributed by atoms with Crippen LogP contribution in [-0.4, -0.2) is 35.8 Å². The minimum atomic E-state index is -0.347. The van der Waals surface area contributed by atoms with Crippen LogP contribution in [0.5, 0.6) is 0 Å². The van der Waals surface area contributed by atoms with Crippen LogP contribution >= 0.6 is 0 Å². The van der Waals surface area contributed by atoms with Crippen molar-refractivity contribution in [2.24, 2.45) is 0 Å². The zero-order valence-electron chi connectivity index (χ0n) is 13.2. The van der Waals surface area contributed by atoms with Crippen molar-refractivity contribution < 1.29 is 14.4 Å². The first-order valence-electron chi connectivity index (χ1n) is 8.10. The molecule has 2 N–H and O–H groups in total. The van der Waals surface area contributed by atoms with E-state index in [-0.39, 0.29) is 17.8 Å². The maximum atomic E-state index is 12.0. The molecule has 124 valence electrons. The van der Waals surface area contributed by atoms with Crippen LogP contribution in [0.15, 0.2) is 30.3 Å². The highest BCUT2D eigenvalue weighted by Gasteiger charge is 2.22. The summed E-state index contributed by atoms with van der Waals surface area (Å²) in [4.78, 5) is 36.8. The molecule has 1 saturated heterocycles. The first kappa shape index (κ1) is 17.0. The zero-order chi connectivity index (χ0) is 16.5. The van der Waals surface area contributed by atoms with Crippen molar-refractivity contribution in [2.45, 2.75) is 38.5 Å². The van der Waals surface area contributed by atoms with Crippen LogP contribution in [0.25, 0.3) is 0 Å². The number of carbonyl (C=O) groups is 3. The third kappa shape index (κ3) is 5.73. The fourth-order valence-corrected chi connectivity index (χ4v) is 2.48. The summed E-state index contributed by atoms with van der Waals surface area (Å²) in [5, 5.41) is 5.51. The molecule has 6 heteroatoms. The fourth-order valence-electron chi connectivity index (χ4n) is 2.48. The van der Waals surface area contributed by atoms with Crippen LogP contribution < -0.4 is 10.6 Å². The van der Waals surface area contributed by atoms with Crippen LogP contribution in [0, 0.1) is 0 Å². The molecule has 1 heterocycles.